The normalized spacial score (nSPS) is 17.6. The molecule has 2 aliphatic rings. The van der Waals surface area contributed by atoms with Gasteiger partial charge in [-0.05, 0) is 51.0 Å². The van der Waals surface area contributed by atoms with Gasteiger partial charge in [0.2, 0.25) is 5.91 Å². The lowest BCUT2D eigenvalue weighted by Crippen LogP contribution is -2.50. The Morgan fingerprint density at radius 3 is 2.61 bits per heavy atom. The summed E-state index contributed by atoms with van der Waals surface area (Å²) >= 11 is 0. The van der Waals surface area contributed by atoms with E-state index in [4.69, 9.17) is 14.5 Å². The molecule has 0 spiro atoms. The maximum atomic E-state index is 13.9. The summed E-state index contributed by atoms with van der Waals surface area (Å²) in [4.78, 5) is 32.9. The Morgan fingerprint density at radius 1 is 1.08 bits per heavy atom. The van der Waals surface area contributed by atoms with Crippen molar-refractivity contribution in [3.05, 3.63) is 36.0 Å². The van der Waals surface area contributed by atoms with E-state index in [9.17, 15) is 9.59 Å². The molecule has 9 heteroatoms. The van der Waals surface area contributed by atoms with Crippen molar-refractivity contribution < 1.29 is 19.1 Å². The number of pyridine rings is 1. The van der Waals surface area contributed by atoms with E-state index in [0.717, 1.165) is 23.8 Å². The first kappa shape index (κ1) is 24.1. The molecule has 4 heterocycles. The van der Waals surface area contributed by atoms with E-state index in [-0.39, 0.29) is 29.8 Å². The van der Waals surface area contributed by atoms with E-state index in [1.54, 1.807) is 6.20 Å². The smallest absolute Gasteiger partial charge is 0.254 e. The van der Waals surface area contributed by atoms with Gasteiger partial charge in [0, 0.05) is 36.7 Å². The molecule has 2 aromatic heterocycles. The monoisotopic (exact) mass is 491 g/mol. The maximum absolute atomic E-state index is 13.9. The molecule has 1 fully saturated rings. The fourth-order valence-electron chi connectivity index (χ4n) is 4.74. The van der Waals surface area contributed by atoms with Crippen LogP contribution < -0.4 is 14.8 Å². The number of amides is 2. The van der Waals surface area contributed by atoms with E-state index in [1.165, 1.54) is 0 Å². The second-order valence-corrected chi connectivity index (χ2v) is 10.1. The summed E-state index contributed by atoms with van der Waals surface area (Å²) in [7, 11) is 0. The number of rotatable bonds is 5. The summed E-state index contributed by atoms with van der Waals surface area (Å²) in [6, 6.07) is 7.60. The minimum atomic E-state index is -0.0914. The number of nitrogens with one attached hydrogen (secondary N) is 1. The van der Waals surface area contributed by atoms with Gasteiger partial charge in [-0.2, -0.15) is 5.10 Å². The predicted molar refractivity (Wildman–Crippen MR) is 136 cm³/mol. The zero-order chi connectivity index (χ0) is 25.4. The van der Waals surface area contributed by atoms with Crippen LogP contribution in [0, 0.1) is 5.92 Å². The average Bonchev–Trinajstić information content (AvgIpc) is 3.32. The third-order valence-corrected chi connectivity index (χ3v) is 6.70. The summed E-state index contributed by atoms with van der Waals surface area (Å²) < 4.78 is 13.3. The van der Waals surface area contributed by atoms with Crippen LogP contribution in [0.5, 0.6) is 11.5 Å². The molecular weight excluding hydrogens is 458 g/mol. The lowest BCUT2D eigenvalue weighted by molar-refractivity contribution is -0.125. The van der Waals surface area contributed by atoms with Gasteiger partial charge >= 0.3 is 0 Å². The molecule has 0 bridgehead atoms. The molecule has 0 saturated carbocycles. The number of piperidine rings is 1. The molecule has 190 valence electrons. The summed E-state index contributed by atoms with van der Waals surface area (Å²) in [5.74, 6) is 1.22. The van der Waals surface area contributed by atoms with Gasteiger partial charge in [-0.3, -0.25) is 9.59 Å². The summed E-state index contributed by atoms with van der Waals surface area (Å²) in [6.45, 7) is 9.99. The average molecular weight is 492 g/mol. The zero-order valence-corrected chi connectivity index (χ0v) is 21.3. The van der Waals surface area contributed by atoms with Crippen LogP contribution in [0.25, 0.3) is 22.3 Å². The molecule has 0 radical (unpaired) electrons. The number of ether oxygens (including phenoxy) is 2. The molecule has 1 aromatic carbocycles. The molecule has 1 atom stereocenters. The van der Waals surface area contributed by atoms with Crippen molar-refractivity contribution in [3.8, 4) is 22.8 Å². The Labute approximate surface area is 210 Å². The summed E-state index contributed by atoms with van der Waals surface area (Å²) in [5.41, 5.74) is 2.74. The number of fused-ring (bicyclic) bond motifs is 2. The maximum Gasteiger partial charge on any atom is 0.254 e. The molecule has 1 saturated heterocycles. The fourth-order valence-corrected chi connectivity index (χ4v) is 4.74. The molecule has 3 aromatic rings. The van der Waals surface area contributed by atoms with Crippen molar-refractivity contribution in [1.29, 1.82) is 0 Å². The third kappa shape index (κ3) is 4.62. The van der Waals surface area contributed by atoms with Crippen molar-refractivity contribution >= 4 is 22.8 Å². The van der Waals surface area contributed by atoms with Gasteiger partial charge < -0.3 is 19.7 Å². The number of benzene rings is 1. The highest BCUT2D eigenvalue weighted by atomic mass is 16.6. The van der Waals surface area contributed by atoms with Crippen LogP contribution in [-0.2, 0) is 4.79 Å². The van der Waals surface area contributed by atoms with Gasteiger partial charge in [-0.25, -0.2) is 9.67 Å². The third-order valence-electron chi connectivity index (χ3n) is 6.70. The van der Waals surface area contributed by atoms with Gasteiger partial charge in [0.15, 0.2) is 17.1 Å². The molecule has 5 rings (SSSR count). The Hall–Kier alpha value is -3.62. The molecule has 2 aliphatic heterocycles. The second kappa shape index (κ2) is 9.79. The lowest BCUT2D eigenvalue weighted by atomic mass is 10.0. The number of aromatic nitrogens is 3. The Balaban J connectivity index is 1.52. The van der Waals surface area contributed by atoms with Gasteiger partial charge in [0.1, 0.15) is 13.2 Å². The van der Waals surface area contributed by atoms with Crippen LogP contribution in [0.3, 0.4) is 0 Å². The van der Waals surface area contributed by atoms with E-state index in [0.29, 0.717) is 54.7 Å². The van der Waals surface area contributed by atoms with Gasteiger partial charge in [0.25, 0.3) is 5.91 Å². The molecule has 0 aliphatic carbocycles. The number of nitrogens with zero attached hydrogens (tertiary/aromatic N) is 4. The quantitative estimate of drug-likeness (QED) is 0.583. The minimum Gasteiger partial charge on any atom is -0.486 e. The highest BCUT2D eigenvalue weighted by Gasteiger charge is 2.28. The Morgan fingerprint density at radius 2 is 1.86 bits per heavy atom. The largest absolute Gasteiger partial charge is 0.486 e. The summed E-state index contributed by atoms with van der Waals surface area (Å²) in [5, 5.41) is 8.36. The van der Waals surface area contributed by atoms with Crippen LogP contribution >= 0.6 is 0 Å². The highest BCUT2D eigenvalue weighted by Crippen LogP contribution is 2.35. The van der Waals surface area contributed by atoms with Crippen molar-refractivity contribution in [2.24, 2.45) is 5.92 Å². The predicted octanol–water partition coefficient (Wildman–Crippen LogP) is 3.83. The number of hydrogen-bond donors (Lipinski definition) is 1. The van der Waals surface area contributed by atoms with Gasteiger partial charge in [0.05, 0.1) is 22.8 Å². The second-order valence-electron chi connectivity index (χ2n) is 10.1. The van der Waals surface area contributed by atoms with Crippen LogP contribution in [-0.4, -0.2) is 63.8 Å². The van der Waals surface area contributed by atoms with E-state index >= 15 is 0 Å². The molecule has 1 unspecified atom stereocenters. The Kier molecular flexibility index (Phi) is 6.55. The van der Waals surface area contributed by atoms with E-state index < -0.39 is 0 Å². The SMILES string of the molecule is CC(C)C(=O)NC1CCCN(C(=O)c2cc(-c3ccc4c(c3)OCCO4)nc3c2cnn3C(C)C)C1. The molecule has 9 nitrogen and oxygen atoms in total. The number of carbonyl (C=O) groups excluding carboxylic acids is 2. The first-order valence-electron chi connectivity index (χ1n) is 12.7. The number of carbonyl (C=O) groups is 2. The highest BCUT2D eigenvalue weighted by molar-refractivity contribution is 6.06. The standard InChI is InChI=1S/C27H33N5O4/c1-16(2)26(33)29-19-6-5-9-31(15-19)27(34)20-13-22(30-25-21(20)14-28-32(25)17(3)4)18-7-8-23-24(12-18)36-11-10-35-23/h7-8,12-14,16-17,19H,5-6,9-11,15H2,1-4H3,(H,29,33). The molecule has 1 N–H and O–H groups in total. The number of likely N-dealkylation sites (tertiary alicyclic amines) is 1. The van der Waals surface area contributed by atoms with Crippen LogP contribution in [0.2, 0.25) is 0 Å². The minimum absolute atomic E-state index is 0.0136. The summed E-state index contributed by atoms with van der Waals surface area (Å²) in [6.07, 6.45) is 3.43. The Bertz CT molecular complexity index is 1300. The lowest BCUT2D eigenvalue weighted by Gasteiger charge is -2.33. The van der Waals surface area contributed by atoms with Crippen molar-refractivity contribution in [3.63, 3.8) is 0 Å². The van der Waals surface area contributed by atoms with Crippen LogP contribution in [0.15, 0.2) is 30.5 Å². The van der Waals surface area contributed by atoms with Gasteiger partial charge in [-0.1, -0.05) is 13.8 Å². The van der Waals surface area contributed by atoms with E-state index in [1.807, 2.05) is 61.5 Å². The number of hydrogen-bond acceptors (Lipinski definition) is 6. The first-order valence-corrected chi connectivity index (χ1v) is 12.7. The van der Waals surface area contributed by atoms with Crippen LogP contribution in [0.1, 0.15) is 56.9 Å². The molecular formula is C27H33N5O4. The van der Waals surface area contributed by atoms with Crippen molar-refractivity contribution in [2.75, 3.05) is 26.3 Å². The van der Waals surface area contributed by atoms with Crippen LogP contribution in [0.4, 0.5) is 0 Å². The van der Waals surface area contributed by atoms with Gasteiger partial charge in [-0.15, -0.1) is 0 Å². The first-order chi connectivity index (χ1) is 17.3. The van der Waals surface area contributed by atoms with Crippen molar-refractivity contribution in [2.45, 2.75) is 52.6 Å². The topological polar surface area (TPSA) is 98.6 Å². The zero-order valence-electron chi connectivity index (χ0n) is 21.3. The van der Waals surface area contributed by atoms with Crippen molar-refractivity contribution in [1.82, 2.24) is 25.0 Å². The fraction of sp³-hybridized carbons (Fsp3) is 0.481. The molecule has 36 heavy (non-hydrogen) atoms. The molecule has 2 amide bonds. The van der Waals surface area contributed by atoms with E-state index in [2.05, 4.69) is 10.4 Å².